The van der Waals surface area contributed by atoms with E-state index in [1.165, 1.54) is 12.1 Å². The van der Waals surface area contributed by atoms with Crippen LogP contribution in [-0.4, -0.2) is 17.4 Å². The number of carbonyl (C=O) groups is 1. The number of hydrogen-bond acceptors (Lipinski definition) is 3. The van der Waals surface area contributed by atoms with Gasteiger partial charge in [0.1, 0.15) is 0 Å². The van der Waals surface area contributed by atoms with E-state index in [4.69, 9.17) is 0 Å². The topological polar surface area (TPSA) is 63.4 Å². The molecule has 0 aliphatic carbocycles. The first kappa shape index (κ1) is 13.8. The molecule has 1 heterocycles. The summed E-state index contributed by atoms with van der Waals surface area (Å²) in [5, 5.41) is 11.0. The van der Waals surface area contributed by atoms with E-state index in [-0.39, 0.29) is 11.6 Å². The summed E-state index contributed by atoms with van der Waals surface area (Å²) in [7, 11) is 0. The molecular weight excluding hydrogens is 336 g/mol. The Hall–Kier alpha value is -2.21. The van der Waals surface area contributed by atoms with Crippen LogP contribution in [0.25, 0.3) is 0 Å². The van der Waals surface area contributed by atoms with E-state index in [0.29, 0.717) is 16.6 Å². The van der Waals surface area contributed by atoms with Crippen molar-refractivity contribution in [3.8, 4) is 0 Å². The van der Waals surface area contributed by atoms with E-state index in [1.54, 1.807) is 11.0 Å². The Kier molecular flexibility index (Phi) is 3.47. The molecule has 1 aliphatic rings. The average molecular weight is 347 g/mol. The summed E-state index contributed by atoms with van der Waals surface area (Å²) in [4.78, 5) is 24.7. The predicted octanol–water partition coefficient (Wildman–Crippen LogP) is 3.56. The van der Waals surface area contributed by atoms with E-state index in [9.17, 15) is 14.9 Å². The van der Waals surface area contributed by atoms with Crippen molar-refractivity contribution in [2.24, 2.45) is 0 Å². The molecule has 1 amide bonds. The van der Waals surface area contributed by atoms with Crippen molar-refractivity contribution >= 4 is 33.2 Å². The molecule has 0 atom stereocenters. The van der Waals surface area contributed by atoms with E-state index < -0.39 is 4.92 Å². The van der Waals surface area contributed by atoms with Gasteiger partial charge in [-0.1, -0.05) is 18.2 Å². The highest BCUT2D eigenvalue weighted by atomic mass is 79.9. The molecule has 21 heavy (non-hydrogen) atoms. The molecule has 0 N–H and O–H groups in total. The highest BCUT2D eigenvalue weighted by Gasteiger charge is 2.26. The summed E-state index contributed by atoms with van der Waals surface area (Å²) in [5.74, 6) is -0.212. The van der Waals surface area contributed by atoms with E-state index in [0.717, 1.165) is 17.7 Å². The Morgan fingerprint density at radius 2 is 2.00 bits per heavy atom. The second kappa shape index (κ2) is 5.29. The van der Waals surface area contributed by atoms with Gasteiger partial charge >= 0.3 is 0 Å². The van der Waals surface area contributed by atoms with Gasteiger partial charge in [-0.3, -0.25) is 14.9 Å². The molecule has 0 saturated carbocycles. The van der Waals surface area contributed by atoms with Crippen molar-refractivity contribution in [1.29, 1.82) is 0 Å². The van der Waals surface area contributed by atoms with Crippen LogP contribution >= 0.6 is 15.9 Å². The molecule has 0 unspecified atom stereocenters. The number of carbonyl (C=O) groups excluding carboxylic acids is 1. The van der Waals surface area contributed by atoms with Crippen molar-refractivity contribution in [1.82, 2.24) is 0 Å². The van der Waals surface area contributed by atoms with Crippen LogP contribution < -0.4 is 4.90 Å². The minimum atomic E-state index is -0.501. The molecule has 0 aromatic heterocycles. The van der Waals surface area contributed by atoms with Crippen LogP contribution in [0.15, 0.2) is 46.9 Å². The molecule has 0 fully saturated rings. The smallest absolute Gasteiger partial charge is 0.284 e. The predicted molar refractivity (Wildman–Crippen MR) is 82.6 cm³/mol. The minimum Gasteiger partial charge on any atom is -0.308 e. The zero-order valence-corrected chi connectivity index (χ0v) is 12.5. The number of nitro benzene ring substituents is 1. The maximum atomic E-state index is 12.6. The summed E-state index contributed by atoms with van der Waals surface area (Å²) < 4.78 is 0.367. The van der Waals surface area contributed by atoms with Crippen molar-refractivity contribution in [2.45, 2.75) is 6.42 Å². The van der Waals surface area contributed by atoms with Crippen molar-refractivity contribution in [3.63, 3.8) is 0 Å². The van der Waals surface area contributed by atoms with Gasteiger partial charge in [-0.05, 0) is 46.1 Å². The summed E-state index contributed by atoms with van der Waals surface area (Å²) in [6.07, 6.45) is 0.806. The van der Waals surface area contributed by atoms with Gasteiger partial charge in [-0.25, -0.2) is 0 Å². The van der Waals surface area contributed by atoms with Gasteiger partial charge in [0, 0.05) is 23.9 Å². The number of anilines is 1. The third-order valence-corrected chi connectivity index (χ3v) is 4.19. The molecule has 0 saturated heterocycles. The molecule has 0 bridgehead atoms. The van der Waals surface area contributed by atoms with Gasteiger partial charge in [-0.15, -0.1) is 0 Å². The third kappa shape index (κ3) is 2.42. The fourth-order valence-corrected chi connectivity index (χ4v) is 2.88. The zero-order chi connectivity index (χ0) is 15.0. The number of nitrogens with zero attached hydrogens (tertiary/aromatic N) is 2. The lowest BCUT2D eigenvalue weighted by atomic mass is 10.1. The normalized spacial score (nSPS) is 13.1. The van der Waals surface area contributed by atoms with Crippen LogP contribution in [0.1, 0.15) is 15.9 Å². The van der Waals surface area contributed by atoms with Crippen LogP contribution in [0.3, 0.4) is 0 Å². The number of para-hydroxylation sites is 1. The summed E-state index contributed by atoms with van der Waals surface area (Å²) in [6, 6.07) is 12.2. The van der Waals surface area contributed by atoms with Crippen molar-refractivity contribution in [3.05, 3.63) is 68.2 Å². The van der Waals surface area contributed by atoms with E-state index in [1.807, 2.05) is 24.3 Å². The fourth-order valence-electron chi connectivity index (χ4n) is 2.49. The van der Waals surface area contributed by atoms with Crippen LogP contribution in [0, 0.1) is 10.1 Å². The van der Waals surface area contributed by atoms with Gasteiger partial charge in [0.2, 0.25) is 0 Å². The molecule has 5 nitrogen and oxygen atoms in total. The molecule has 2 aromatic rings. The van der Waals surface area contributed by atoms with Gasteiger partial charge in [0.15, 0.2) is 0 Å². The van der Waals surface area contributed by atoms with Gasteiger partial charge < -0.3 is 4.90 Å². The molecular formula is C15H11BrN2O3. The lowest BCUT2D eigenvalue weighted by molar-refractivity contribution is -0.385. The Balaban J connectivity index is 1.97. The van der Waals surface area contributed by atoms with Crippen LogP contribution in [-0.2, 0) is 6.42 Å². The van der Waals surface area contributed by atoms with Gasteiger partial charge in [-0.2, -0.15) is 0 Å². The number of benzene rings is 2. The number of hydrogen-bond donors (Lipinski definition) is 0. The number of rotatable bonds is 2. The first-order valence-corrected chi connectivity index (χ1v) is 7.21. The largest absolute Gasteiger partial charge is 0.308 e. The number of fused-ring (bicyclic) bond motifs is 1. The van der Waals surface area contributed by atoms with Crippen LogP contribution in [0.4, 0.5) is 11.4 Å². The first-order valence-electron chi connectivity index (χ1n) is 6.41. The summed E-state index contributed by atoms with van der Waals surface area (Å²) >= 11 is 3.12. The second-order valence-electron chi connectivity index (χ2n) is 4.76. The Morgan fingerprint density at radius 1 is 1.24 bits per heavy atom. The number of halogens is 1. The average Bonchev–Trinajstić information content (AvgIpc) is 2.90. The van der Waals surface area contributed by atoms with Crippen LogP contribution in [0.5, 0.6) is 0 Å². The lowest BCUT2D eigenvalue weighted by Crippen LogP contribution is -2.28. The maximum Gasteiger partial charge on any atom is 0.284 e. The minimum absolute atomic E-state index is 0.103. The van der Waals surface area contributed by atoms with Crippen molar-refractivity contribution in [2.75, 3.05) is 11.4 Å². The van der Waals surface area contributed by atoms with Gasteiger partial charge in [0.25, 0.3) is 11.6 Å². The van der Waals surface area contributed by atoms with Crippen LogP contribution in [0.2, 0.25) is 0 Å². The summed E-state index contributed by atoms with van der Waals surface area (Å²) in [5.41, 5.74) is 2.22. The highest BCUT2D eigenvalue weighted by Crippen LogP contribution is 2.31. The molecule has 3 rings (SSSR count). The molecule has 0 radical (unpaired) electrons. The molecule has 6 heteroatoms. The highest BCUT2D eigenvalue weighted by molar-refractivity contribution is 9.10. The summed E-state index contributed by atoms with van der Waals surface area (Å²) in [6.45, 7) is 0.599. The Bertz CT molecular complexity index is 745. The lowest BCUT2D eigenvalue weighted by Gasteiger charge is -2.17. The third-order valence-electron chi connectivity index (χ3n) is 3.52. The Morgan fingerprint density at radius 3 is 2.76 bits per heavy atom. The maximum absolute atomic E-state index is 12.6. The number of nitro groups is 1. The van der Waals surface area contributed by atoms with E-state index in [2.05, 4.69) is 15.9 Å². The van der Waals surface area contributed by atoms with Crippen molar-refractivity contribution < 1.29 is 9.72 Å². The first-order chi connectivity index (χ1) is 10.1. The zero-order valence-electron chi connectivity index (χ0n) is 11.0. The van der Waals surface area contributed by atoms with Gasteiger partial charge in [0.05, 0.1) is 9.40 Å². The standard InChI is InChI=1S/C15H11BrN2O3/c16-12-6-5-11(9-14(12)18(20)21)15(19)17-8-7-10-3-1-2-4-13(10)17/h1-6,9H,7-8H2. The Labute approximate surface area is 129 Å². The molecule has 0 spiro atoms. The fraction of sp³-hybridized carbons (Fsp3) is 0.133. The van der Waals surface area contributed by atoms with E-state index >= 15 is 0 Å². The molecule has 2 aromatic carbocycles. The SMILES string of the molecule is O=C(c1ccc(Br)c([N+](=O)[O-])c1)N1CCc2ccccc21. The quantitative estimate of drug-likeness (QED) is 0.616. The monoisotopic (exact) mass is 346 g/mol. The molecule has 106 valence electrons. The number of amides is 1. The molecule has 1 aliphatic heterocycles. The second-order valence-corrected chi connectivity index (χ2v) is 5.61.